The molecule has 1 heteroatoms. The smallest absolute Gasteiger partial charge is 0.135 e. The van der Waals surface area contributed by atoms with Crippen LogP contribution in [0.4, 0.5) is 0 Å². The molecule has 1 aromatic carbocycles. The second kappa shape index (κ2) is 7.61. The molecule has 1 saturated carbocycles. The molecule has 2 atom stereocenters. The summed E-state index contributed by atoms with van der Waals surface area (Å²) in [5.74, 6) is 2.38. The molecule has 0 amide bonds. The molecule has 0 bridgehead atoms. The van der Waals surface area contributed by atoms with Crippen molar-refractivity contribution in [2.24, 2.45) is 17.8 Å². The third-order valence-corrected chi connectivity index (χ3v) is 4.86. The highest BCUT2D eigenvalue weighted by atomic mass is 16.1. The summed E-state index contributed by atoms with van der Waals surface area (Å²) in [6, 6.07) is 10.7. The van der Waals surface area contributed by atoms with Crippen molar-refractivity contribution in [3.63, 3.8) is 0 Å². The number of Topliss-reactive ketones (excluding diaryl/α,β-unsaturated/α-hetero) is 1. The number of hydrogen-bond donors (Lipinski definition) is 0. The highest BCUT2D eigenvalue weighted by Gasteiger charge is 2.29. The summed E-state index contributed by atoms with van der Waals surface area (Å²) in [6.07, 6.45) is 7.74. The molecule has 1 aromatic rings. The Morgan fingerprint density at radius 1 is 1.15 bits per heavy atom. The van der Waals surface area contributed by atoms with Gasteiger partial charge in [-0.25, -0.2) is 0 Å². The van der Waals surface area contributed by atoms with Crippen molar-refractivity contribution in [2.45, 2.75) is 58.8 Å². The molecule has 1 aliphatic carbocycles. The van der Waals surface area contributed by atoms with E-state index < -0.39 is 0 Å². The Kier molecular flexibility index (Phi) is 5.82. The number of carbonyl (C=O) groups is 1. The van der Waals surface area contributed by atoms with E-state index in [0.29, 0.717) is 11.7 Å². The second-order valence-corrected chi connectivity index (χ2v) is 6.67. The van der Waals surface area contributed by atoms with Gasteiger partial charge in [-0.1, -0.05) is 50.6 Å². The highest BCUT2D eigenvalue weighted by molar-refractivity contribution is 5.81. The summed E-state index contributed by atoms with van der Waals surface area (Å²) in [5.41, 5.74) is 1.42. The molecule has 110 valence electrons. The second-order valence-electron chi connectivity index (χ2n) is 6.67. The molecule has 2 rings (SSSR count). The van der Waals surface area contributed by atoms with E-state index in [1.54, 1.807) is 0 Å². The summed E-state index contributed by atoms with van der Waals surface area (Å²) < 4.78 is 0. The fraction of sp³-hybridized carbons (Fsp3) is 0.632. The monoisotopic (exact) mass is 272 g/mol. The van der Waals surface area contributed by atoms with Gasteiger partial charge in [0.1, 0.15) is 5.78 Å². The quantitative estimate of drug-likeness (QED) is 0.663. The van der Waals surface area contributed by atoms with Crippen molar-refractivity contribution in [3.05, 3.63) is 35.9 Å². The van der Waals surface area contributed by atoms with Gasteiger partial charge in [0.25, 0.3) is 0 Å². The summed E-state index contributed by atoms with van der Waals surface area (Å²) in [7, 11) is 0. The van der Waals surface area contributed by atoms with E-state index in [1.165, 1.54) is 18.4 Å². The van der Waals surface area contributed by atoms with Crippen LogP contribution in [0, 0.1) is 17.8 Å². The van der Waals surface area contributed by atoms with Gasteiger partial charge < -0.3 is 0 Å². The van der Waals surface area contributed by atoms with Crippen LogP contribution in [0.15, 0.2) is 30.3 Å². The first-order chi connectivity index (χ1) is 9.66. The van der Waals surface area contributed by atoms with Crippen molar-refractivity contribution in [1.82, 2.24) is 0 Å². The van der Waals surface area contributed by atoms with Crippen molar-refractivity contribution in [1.29, 1.82) is 0 Å². The molecule has 0 aliphatic heterocycles. The Hall–Kier alpha value is -1.11. The minimum absolute atomic E-state index is 0.354. The summed E-state index contributed by atoms with van der Waals surface area (Å²) in [6.45, 7) is 4.60. The van der Waals surface area contributed by atoms with Crippen LogP contribution >= 0.6 is 0 Å². The fourth-order valence-electron chi connectivity index (χ4n) is 3.40. The van der Waals surface area contributed by atoms with Crippen LogP contribution in [-0.4, -0.2) is 5.78 Å². The lowest BCUT2D eigenvalue weighted by atomic mass is 9.74. The van der Waals surface area contributed by atoms with Gasteiger partial charge in [-0.2, -0.15) is 0 Å². The highest BCUT2D eigenvalue weighted by Crippen LogP contribution is 2.34. The Morgan fingerprint density at radius 3 is 2.60 bits per heavy atom. The molecule has 0 radical (unpaired) electrons. The van der Waals surface area contributed by atoms with E-state index in [2.05, 4.69) is 44.2 Å². The molecular formula is C19H28O. The molecule has 2 unspecified atom stereocenters. The Bertz CT molecular complexity index is 407. The lowest BCUT2D eigenvalue weighted by molar-refractivity contribution is -0.126. The van der Waals surface area contributed by atoms with Gasteiger partial charge in [0.15, 0.2) is 0 Å². The van der Waals surface area contributed by atoms with Crippen LogP contribution in [0.2, 0.25) is 0 Å². The van der Waals surface area contributed by atoms with E-state index >= 15 is 0 Å². The van der Waals surface area contributed by atoms with Crippen molar-refractivity contribution >= 4 is 5.78 Å². The normalized spacial score (nSPS) is 23.2. The van der Waals surface area contributed by atoms with Crippen molar-refractivity contribution in [3.8, 4) is 0 Å². The van der Waals surface area contributed by atoms with Gasteiger partial charge >= 0.3 is 0 Å². The van der Waals surface area contributed by atoms with Gasteiger partial charge in [-0.05, 0) is 49.5 Å². The fourth-order valence-corrected chi connectivity index (χ4v) is 3.40. The van der Waals surface area contributed by atoms with E-state index in [1.807, 2.05) is 0 Å². The van der Waals surface area contributed by atoms with Gasteiger partial charge in [0, 0.05) is 12.3 Å². The van der Waals surface area contributed by atoms with Crippen molar-refractivity contribution in [2.75, 3.05) is 0 Å². The topological polar surface area (TPSA) is 17.1 Å². The molecule has 0 heterocycles. The minimum atomic E-state index is 0.354. The number of carbonyl (C=O) groups excluding carboxylic acids is 1. The molecule has 1 fully saturated rings. The van der Waals surface area contributed by atoms with Crippen LogP contribution in [0.5, 0.6) is 0 Å². The number of aryl methyl sites for hydroxylation is 1. The number of hydrogen-bond acceptors (Lipinski definition) is 1. The number of unbranched alkanes of at least 4 members (excludes halogenated alkanes) is 1. The van der Waals surface area contributed by atoms with Gasteiger partial charge in [0.2, 0.25) is 0 Å². The SMILES string of the molecule is CC(C)C1CCC(=O)C(CCCCc2ccccc2)C1. The summed E-state index contributed by atoms with van der Waals surface area (Å²) in [5, 5.41) is 0. The van der Waals surface area contributed by atoms with Crippen LogP contribution in [0.25, 0.3) is 0 Å². The maximum absolute atomic E-state index is 12.0. The van der Waals surface area contributed by atoms with Crippen molar-refractivity contribution < 1.29 is 4.79 Å². The van der Waals surface area contributed by atoms with Gasteiger partial charge in [0.05, 0.1) is 0 Å². The van der Waals surface area contributed by atoms with Crippen LogP contribution in [0.3, 0.4) is 0 Å². The molecule has 0 aromatic heterocycles. The standard InChI is InChI=1S/C19H28O/c1-15(2)17-12-13-19(20)18(14-17)11-7-6-10-16-8-4-3-5-9-16/h3-5,8-9,15,17-18H,6-7,10-14H2,1-2H3. The zero-order chi connectivity index (χ0) is 14.4. The molecular weight excluding hydrogens is 244 g/mol. The maximum atomic E-state index is 12.0. The third kappa shape index (κ3) is 4.47. The summed E-state index contributed by atoms with van der Waals surface area (Å²) in [4.78, 5) is 12.0. The Labute approximate surface area is 123 Å². The van der Waals surface area contributed by atoms with Gasteiger partial charge in [-0.15, -0.1) is 0 Å². The first-order valence-electron chi connectivity index (χ1n) is 8.23. The van der Waals surface area contributed by atoms with E-state index in [4.69, 9.17) is 0 Å². The average molecular weight is 272 g/mol. The molecule has 0 saturated heterocycles. The lowest BCUT2D eigenvalue weighted by Crippen LogP contribution is -2.27. The molecule has 1 aliphatic rings. The molecule has 1 nitrogen and oxygen atoms in total. The third-order valence-electron chi connectivity index (χ3n) is 4.86. The molecule has 0 spiro atoms. The Balaban J connectivity index is 1.71. The summed E-state index contributed by atoms with van der Waals surface area (Å²) >= 11 is 0. The van der Waals surface area contributed by atoms with Gasteiger partial charge in [-0.3, -0.25) is 4.79 Å². The number of benzene rings is 1. The van der Waals surface area contributed by atoms with Crippen LogP contribution < -0.4 is 0 Å². The number of rotatable bonds is 6. The number of ketones is 1. The zero-order valence-electron chi connectivity index (χ0n) is 13.0. The zero-order valence-corrected chi connectivity index (χ0v) is 13.0. The van der Waals surface area contributed by atoms with E-state index in [0.717, 1.165) is 43.9 Å². The Morgan fingerprint density at radius 2 is 1.90 bits per heavy atom. The first kappa shape index (κ1) is 15.3. The first-order valence-corrected chi connectivity index (χ1v) is 8.23. The predicted molar refractivity (Wildman–Crippen MR) is 84.7 cm³/mol. The maximum Gasteiger partial charge on any atom is 0.135 e. The predicted octanol–water partition coefficient (Wildman–Crippen LogP) is 5.04. The minimum Gasteiger partial charge on any atom is -0.299 e. The van der Waals surface area contributed by atoms with E-state index in [-0.39, 0.29) is 0 Å². The molecule has 0 N–H and O–H groups in total. The largest absolute Gasteiger partial charge is 0.299 e. The van der Waals surface area contributed by atoms with Crippen LogP contribution in [0.1, 0.15) is 57.9 Å². The van der Waals surface area contributed by atoms with E-state index in [9.17, 15) is 4.79 Å². The molecule has 20 heavy (non-hydrogen) atoms. The average Bonchev–Trinajstić information content (AvgIpc) is 2.46. The van der Waals surface area contributed by atoms with Crippen LogP contribution in [-0.2, 0) is 11.2 Å². The lowest BCUT2D eigenvalue weighted by Gasteiger charge is -2.30.